The van der Waals surface area contributed by atoms with Crippen molar-refractivity contribution >= 4 is 35.0 Å². The molecule has 7 nitrogen and oxygen atoms in total. The van der Waals surface area contributed by atoms with Gasteiger partial charge in [-0.3, -0.25) is 14.7 Å². The molecular formula is C20H21N5O2S. The highest BCUT2D eigenvalue weighted by molar-refractivity contribution is 7.99. The fourth-order valence-electron chi connectivity index (χ4n) is 2.51. The van der Waals surface area contributed by atoms with Crippen molar-refractivity contribution in [2.24, 2.45) is 0 Å². The number of aromatic nitrogens is 3. The van der Waals surface area contributed by atoms with Crippen LogP contribution < -0.4 is 10.6 Å². The summed E-state index contributed by atoms with van der Waals surface area (Å²) in [7, 11) is 0. The van der Waals surface area contributed by atoms with Crippen molar-refractivity contribution in [2.45, 2.75) is 25.4 Å². The van der Waals surface area contributed by atoms with Crippen molar-refractivity contribution in [3.8, 4) is 11.4 Å². The molecule has 8 heteroatoms. The molecule has 0 atom stereocenters. The maximum absolute atomic E-state index is 12.1. The van der Waals surface area contributed by atoms with E-state index in [1.54, 1.807) is 24.3 Å². The van der Waals surface area contributed by atoms with E-state index >= 15 is 0 Å². The maximum Gasteiger partial charge on any atom is 0.234 e. The predicted molar refractivity (Wildman–Crippen MR) is 111 cm³/mol. The highest BCUT2D eigenvalue weighted by Gasteiger charge is 2.09. The minimum absolute atomic E-state index is 0.139. The third kappa shape index (κ3) is 5.43. The molecule has 0 saturated heterocycles. The zero-order valence-electron chi connectivity index (χ0n) is 15.7. The lowest BCUT2D eigenvalue weighted by atomic mass is 10.1. The largest absolute Gasteiger partial charge is 0.326 e. The molecule has 3 aromatic rings. The van der Waals surface area contributed by atoms with Gasteiger partial charge in [0, 0.05) is 23.9 Å². The van der Waals surface area contributed by atoms with E-state index in [1.807, 2.05) is 12.1 Å². The Labute approximate surface area is 167 Å². The first-order chi connectivity index (χ1) is 13.5. The normalized spacial score (nSPS) is 10.5. The van der Waals surface area contributed by atoms with Gasteiger partial charge in [-0.2, -0.15) is 0 Å². The van der Waals surface area contributed by atoms with Crippen molar-refractivity contribution in [3.63, 3.8) is 0 Å². The standard InChI is InChI=1S/C20H21N5O2S/c1-3-14-4-6-15(7-5-14)19-23-20(25-24-19)28-12-18(27)22-17-10-8-16(9-11-17)21-13(2)26/h4-11H,3,12H2,1-2H3,(H,21,26)(H,22,27)(H,23,24,25). The van der Waals surface area contributed by atoms with Gasteiger partial charge in [0.2, 0.25) is 17.0 Å². The van der Waals surface area contributed by atoms with Crippen molar-refractivity contribution < 1.29 is 9.59 Å². The quantitative estimate of drug-likeness (QED) is 0.530. The van der Waals surface area contributed by atoms with Crippen LogP contribution in [-0.2, 0) is 16.0 Å². The third-order valence-corrected chi connectivity index (χ3v) is 4.77. The summed E-state index contributed by atoms with van der Waals surface area (Å²) in [6.07, 6.45) is 0.989. The Balaban J connectivity index is 1.52. The highest BCUT2D eigenvalue weighted by Crippen LogP contribution is 2.20. The molecule has 28 heavy (non-hydrogen) atoms. The number of carbonyl (C=O) groups is 2. The van der Waals surface area contributed by atoms with Gasteiger partial charge in [-0.1, -0.05) is 43.0 Å². The minimum atomic E-state index is -0.157. The van der Waals surface area contributed by atoms with Crippen LogP contribution in [0.25, 0.3) is 11.4 Å². The minimum Gasteiger partial charge on any atom is -0.326 e. The number of benzene rings is 2. The number of hydrogen-bond acceptors (Lipinski definition) is 5. The van der Waals surface area contributed by atoms with E-state index in [9.17, 15) is 9.59 Å². The Morgan fingerprint density at radius 3 is 2.25 bits per heavy atom. The van der Waals surface area contributed by atoms with Crippen LogP contribution in [-0.4, -0.2) is 32.7 Å². The molecule has 0 spiro atoms. The number of carbonyl (C=O) groups excluding carboxylic acids is 2. The Kier molecular flexibility index (Phi) is 6.44. The van der Waals surface area contributed by atoms with Gasteiger partial charge in [-0.05, 0) is 36.2 Å². The molecule has 3 rings (SSSR count). The van der Waals surface area contributed by atoms with Gasteiger partial charge in [0.1, 0.15) is 0 Å². The van der Waals surface area contributed by atoms with E-state index in [0.717, 1.165) is 12.0 Å². The topological polar surface area (TPSA) is 99.8 Å². The molecule has 2 aromatic carbocycles. The van der Waals surface area contributed by atoms with Gasteiger partial charge < -0.3 is 10.6 Å². The number of rotatable bonds is 7. The summed E-state index contributed by atoms with van der Waals surface area (Å²) in [6, 6.07) is 15.1. The zero-order valence-corrected chi connectivity index (χ0v) is 16.5. The number of nitrogens with zero attached hydrogens (tertiary/aromatic N) is 2. The fourth-order valence-corrected chi connectivity index (χ4v) is 3.10. The monoisotopic (exact) mass is 395 g/mol. The van der Waals surface area contributed by atoms with E-state index in [1.165, 1.54) is 24.2 Å². The molecule has 0 aliphatic carbocycles. The number of aromatic amines is 1. The summed E-state index contributed by atoms with van der Waals surface area (Å²) in [4.78, 5) is 27.6. The molecule has 0 fully saturated rings. The van der Waals surface area contributed by atoms with Crippen LogP contribution >= 0.6 is 11.8 Å². The SMILES string of the molecule is CCc1ccc(-c2nc(SCC(=O)Nc3ccc(NC(C)=O)cc3)n[nH]2)cc1. The van der Waals surface area contributed by atoms with Gasteiger partial charge in [-0.25, -0.2) is 4.98 Å². The predicted octanol–water partition coefficient (Wildman–Crippen LogP) is 3.72. The van der Waals surface area contributed by atoms with E-state index in [2.05, 4.69) is 44.9 Å². The van der Waals surface area contributed by atoms with Gasteiger partial charge in [0.15, 0.2) is 5.82 Å². The summed E-state index contributed by atoms with van der Waals surface area (Å²) in [5.41, 5.74) is 3.56. The number of thioether (sulfide) groups is 1. The molecular weight excluding hydrogens is 374 g/mol. The average Bonchev–Trinajstić information content (AvgIpc) is 3.17. The van der Waals surface area contributed by atoms with Gasteiger partial charge in [-0.15, -0.1) is 5.10 Å². The Morgan fingerprint density at radius 1 is 1.00 bits per heavy atom. The molecule has 2 amide bonds. The lowest BCUT2D eigenvalue weighted by Crippen LogP contribution is -2.14. The Morgan fingerprint density at radius 2 is 1.64 bits per heavy atom. The molecule has 0 aliphatic rings. The van der Waals surface area contributed by atoms with Gasteiger partial charge in [0.25, 0.3) is 0 Å². The molecule has 0 unspecified atom stereocenters. The molecule has 144 valence electrons. The molecule has 1 heterocycles. The van der Waals surface area contributed by atoms with E-state index < -0.39 is 0 Å². The first-order valence-corrected chi connectivity index (χ1v) is 9.84. The van der Waals surface area contributed by atoms with Crippen molar-refractivity contribution in [2.75, 3.05) is 16.4 Å². The number of H-pyrrole nitrogens is 1. The fraction of sp³-hybridized carbons (Fsp3) is 0.200. The lowest BCUT2D eigenvalue weighted by Gasteiger charge is -2.06. The second kappa shape index (κ2) is 9.18. The number of anilines is 2. The van der Waals surface area contributed by atoms with Crippen LogP contribution in [0.1, 0.15) is 19.4 Å². The molecule has 0 bridgehead atoms. The first kappa shape index (κ1) is 19.6. The molecule has 0 aliphatic heterocycles. The van der Waals surface area contributed by atoms with Crippen LogP contribution in [0.15, 0.2) is 53.7 Å². The van der Waals surface area contributed by atoms with Crippen LogP contribution in [0.5, 0.6) is 0 Å². The lowest BCUT2D eigenvalue weighted by molar-refractivity contribution is -0.114. The average molecular weight is 395 g/mol. The second-order valence-corrected chi connectivity index (χ2v) is 7.05. The summed E-state index contributed by atoms with van der Waals surface area (Å²) >= 11 is 1.26. The summed E-state index contributed by atoms with van der Waals surface area (Å²) in [6.45, 7) is 3.56. The number of hydrogen-bond donors (Lipinski definition) is 3. The third-order valence-electron chi connectivity index (χ3n) is 3.92. The van der Waals surface area contributed by atoms with Crippen LogP contribution in [0.4, 0.5) is 11.4 Å². The summed E-state index contributed by atoms with van der Waals surface area (Å²) in [5, 5.41) is 13.1. The summed E-state index contributed by atoms with van der Waals surface area (Å²) in [5.74, 6) is 0.579. The zero-order chi connectivity index (χ0) is 19.9. The first-order valence-electron chi connectivity index (χ1n) is 8.85. The summed E-state index contributed by atoms with van der Waals surface area (Å²) < 4.78 is 0. The number of aryl methyl sites for hydroxylation is 1. The Hall–Kier alpha value is -3.13. The van der Waals surface area contributed by atoms with Crippen molar-refractivity contribution in [3.05, 3.63) is 54.1 Å². The smallest absolute Gasteiger partial charge is 0.234 e. The molecule has 0 saturated carbocycles. The van der Waals surface area contributed by atoms with Crippen LogP contribution in [0.3, 0.4) is 0 Å². The molecule has 3 N–H and O–H groups in total. The van der Waals surface area contributed by atoms with Crippen LogP contribution in [0.2, 0.25) is 0 Å². The van der Waals surface area contributed by atoms with Crippen molar-refractivity contribution in [1.29, 1.82) is 0 Å². The number of amides is 2. The van der Waals surface area contributed by atoms with Crippen LogP contribution in [0, 0.1) is 0 Å². The van der Waals surface area contributed by atoms with Crippen molar-refractivity contribution in [1.82, 2.24) is 15.2 Å². The maximum atomic E-state index is 12.1. The van der Waals surface area contributed by atoms with Gasteiger partial charge >= 0.3 is 0 Å². The highest BCUT2D eigenvalue weighted by atomic mass is 32.2. The Bertz CT molecular complexity index is 951. The molecule has 1 aromatic heterocycles. The second-order valence-electron chi connectivity index (χ2n) is 6.11. The molecule has 0 radical (unpaired) electrons. The number of nitrogens with one attached hydrogen (secondary N) is 3. The van der Waals surface area contributed by atoms with E-state index in [4.69, 9.17) is 0 Å². The van der Waals surface area contributed by atoms with Gasteiger partial charge in [0.05, 0.1) is 5.75 Å². The van der Waals surface area contributed by atoms with E-state index in [-0.39, 0.29) is 17.6 Å². The van der Waals surface area contributed by atoms with E-state index in [0.29, 0.717) is 22.4 Å².